The minimum absolute atomic E-state index is 0.0305. The summed E-state index contributed by atoms with van der Waals surface area (Å²) < 4.78 is 5.34. The first kappa shape index (κ1) is 18.6. The SMILES string of the molecule is Cc1c(NC(=O)NCc2ccnc(N3CCOCC3)c2)cccc1[N+](=O)[O-]. The molecule has 2 N–H and O–H groups in total. The number of carbonyl (C=O) groups excluding carboxylic acids is 1. The summed E-state index contributed by atoms with van der Waals surface area (Å²) in [5, 5.41) is 16.4. The van der Waals surface area contributed by atoms with Crippen LogP contribution in [-0.2, 0) is 11.3 Å². The highest BCUT2D eigenvalue weighted by Crippen LogP contribution is 2.24. The van der Waals surface area contributed by atoms with E-state index in [0.717, 1.165) is 24.5 Å². The van der Waals surface area contributed by atoms with Gasteiger partial charge in [-0.05, 0) is 30.7 Å². The molecule has 1 aliphatic rings. The molecule has 1 fully saturated rings. The van der Waals surface area contributed by atoms with E-state index in [-0.39, 0.29) is 5.69 Å². The van der Waals surface area contributed by atoms with Gasteiger partial charge in [-0.3, -0.25) is 10.1 Å². The van der Waals surface area contributed by atoms with E-state index in [1.165, 1.54) is 12.1 Å². The summed E-state index contributed by atoms with van der Waals surface area (Å²) in [6.07, 6.45) is 1.71. The lowest BCUT2D eigenvalue weighted by atomic mass is 10.1. The Morgan fingerprint density at radius 1 is 1.33 bits per heavy atom. The normalized spacial score (nSPS) is 13.9. The monoisotopic (exact) mass is 371 g/mol. The minimum Gasteiger partial charge on any atom is -0.378 e. The van der Waals surface area contributed by atoms with E-state index >= 15 is 0 Å². The molecule has 2 heterocycles. The van der Waals surface area contributed by atoms with Crippen molar-refractivity contribution < 1.29 is 14.5 Å². The number of ether oxygens (including phenoxy) is 1. The molecule has 9 heteroatoms. The van der Waals surface area contributed by atoms with Crippen molar-refractivity contribution in [3.05, 3.63) is 57.8 Å². The number of benzene rings is 1. The third kappa shape index (κ3) is 4.70. The van der Waals surface area contributed by atoms with Gasteiger partial charge < -0.3 is 20.3 Å². The molecule has 1 aliphatic heterocycles. The van der Waals surface area contributed by atoms with Crippen LogP contribution in [0.3, 0.4) is 0 Å². The maximum atomic E-state index is 12.2. The average molecular weight is 371 g/mol. The van der Waals surface area contributed by atoms with Crippen LogP contribution in [0.5, 0.6) is 0 Å². The van der Waals surface area contributed by atoms with Crippen molar-refractivity contribution in [2.24, 2.45) is 0 Å². The van der Waals surface area contributed by atoms with Crippen LogP contribution in [0.2, 0.25) is 0 Å². The molecule has 9 nitrogen and oxygen atoms in total. The quantitative estimate of drug-likeness (QED) is 0.617. The van der Waals surface area contributed by atoms with Gasteiger partial charge in [-0.25, -0.2) is 9.78 Å². The van der Waals surface area contributed by atoms with Gasteiger partial charge >= 0.3 is 6.03 Å². The van der Waals surface area contributed by atoms with E-state index in [1.807, 2.05) is 12.1 Å². The zero-order chi connectivity index (χ0) is 19.2. The molecule has 0 atom stereocenters. The highest BCUT2D eigenvalue weighted by atomic mass is 16.6. The zero-order valence-electron chi connectivity index (χ0n) is 15.0. The number of hydrogen-bond acceptors (Lipinski definition) is 6. The van der Waals surface area contributed by atoms with Crippen LogP contribution in [0.4, 0.5) is 22.0 Å². The first-order chi connectivity index (χ1) is 13.0. The first-order valence-electron chi connectivity index (χ1n) is 8.61. The van der Waals surface area contributed by atoms with Gasteiger partial charge in [0.15, 0.2) is 0 Å². The maximum absolute atomic E-state index is 12.2. The van der Waals surface area contributed by atoms with Crippen molar-refractivity contribution in [1.29, 1.82) is 0 Å². The van der Waals surface area contributed by atoms with Gasteiger partial charge in [0.05, 0.1) is 29.4 Å². The van der Waals surface area contributed by atoms with Crippen LogP contribution in [0, 0.1) is 17.0 Å². The lowest BCUT2D eigenvalue weighted by Gasteiger charge is -2.28. The second-order valence-electron chi connectivity index (χ2n) is 6.14. The molecule has 142 valence electrons. The molecule has 0 spiro atoms. The van der Waals surface area contributed by atoms with Gasteiger partial charge in [-0.1, -0.05) is 6.07 Å². The van der Waals surface area contributed by atoms with Crippen LogP contribution in [-0.4, -0.2) is 42.2 Å². The highest BCUT2D eigenvalue weighted by molar-refractivity contribution is 5.90. The number of amides is 2. The second-order valence-corrected chi connectivity index (χ2v) is 6.14. The smallest absolute Gasteiger partial charge is 0.319 e. The van der Waals surface area contributed by atoms with Gasteiger partial charge in [0.2, 0.25) is 0 Å². The third-order valence-electron chi connectivity index (χ3n) is 4.35. The van der Waals surface area contributed by atoms with E-state index in [2.05, 4.69) is 20.5 Å². The van der Waals surface area contributed by atoms with Crippen molar-refractivity contribution in [1.82, 2.24) is 10.3 Å². The molecule has 3 rings (SSSR count). The molecular weight excluding hydrogens is 350 g/mol. The van der Waals surface area contributed by atoms with Crippen molar-refractivity contribution in [2.45, 2.75) is 13.5 Å². The van der Waals surface area contributed by atoms with Crippen molar-refractivity contribution in [3.8, 4) is 0 Å². The number of pyridine rings is 1. The molecule has 2 amide bonds. The summed E-state index contributed by atoms with van der Waals surface area (Å²) >= 11 is 0. The summed E-state index contributed by atoms with van der Waals surface area (Å²) in [6, 6.07) is 7.92. The number of rotatable bonds is 5. The molecular formula is C18H21N5O4. The summed E-state index contributed by atoms with van der Waals surface area (Å²) in [6.45, 7) is 4.85. The van der Waals surface area contributed by atoms with E-state index in [0.29, 0.717) is 31.0 Å². The molecule has 1 aromatic heterocycles. The van der Waals surface area contributed by atoms with Gasteiger partial charge in [0, 0.05) is 31.9 Å². The van der Waals surface area contributed by atoms with Crippen LogP contribution < -0.4 is 15.5 Å². The second kappa shape index (κ2) is 8.45. The molecule has 1 aromatic carbocycles. The summed E-state index contributed by atoms with van der Waals surface area (Å²) in [5.74, 6) is 0.854. The predicted octanol–water partition coefficient (Wildman–Crippen LogP) is 2.46. The van der Waals surface area contributed by atoms with Crippen LogP contribution >= 0.6 is 0 Å². The number of hydrogen-bond donors (Lipinski definition) is 2. The van der Waals surface area contributed by atoms with E-state index in [1.54, 1.807) is 19.2 Å². The van der Waals surface area contributed by atoms with Crippen molar-refractivity contribution >= 4 is 23.2 Å². The Morgan fingerprint density at radius 2 is 2.11 bits per heavy atom. The van der Waals surface area contributed by atoms with Gasteiger partial charge in [0.1, 0.15) is 5.82 Å². The molecule has 0 aliphatic carbocycles. The first-order valence-corrected chi connectivity index (χ1v) is 8.61. The fraction of sp³-hybridized carbons (Fsp3) is 0.333. The van der Waals surface area contributed by atoms with E-state index < -0.39 is 11.0 Å². The number of carbonyl (C=O) groups is 1. The van der Waals surface area contributed by atoms with E-state index in [9.17, 15) is 14.9 Å². The number of nitro benzene ring substituents is 1. The number of urea groups is 1. The van der Waals surface area contributed by atoms with Crippen LogP contribution in [0.15, 0.2) is 36.5 Å². The Kier molecular flexibility index (Phi) is 5.82. The number of nitrogens with zero attached hydrogens (tertiary/aromatic N) is 3. The lowest BCUT2D eigenvalue weighted by Crippen LogP contribution is -2.36. The molecule has 0 bridgehead atoms. The number of nitro groups is 1. The molecule has 27 heavy (non-hydrogen) atoms. The third-order valence-corrected chi connectivity index (χ3v) is 4.35. The van der Waals surface area contributed by atoms with Gasteiger partial charge in [-0.15, -0.1) is 0 Å². The Bertz CT molecular complexity index is 836. The Labute approximate surface area is 156 Å². The number of anilines is 2. The molecule has 2 aromatic rings. The Morgan fingerprint density at radius 3 is 2.85 bits per heavy atom. The zero-order valence-corrected chi connectivity index (χ0v) is 15.0. The highest BCUT2D eigenvalue weighted by Gasteiger charge is 2.15. The van der Waals surface area contributed by atoms with Gasteiger partial charge in [-0.2, -0.15) is 0 Å². The summed E-state index contributed by atoms with van der Waals surface area (Å²) in [5.41, 5.74) is 1.70. The molecule has 0 unspecified atom stereocenters. The largest absolute Gasteiger partial charge is 0.378 e. The standard InChI is InChI=1S/C18H21N5O4/c1-13-15(3-2-4-16(13)23(25)26)21-18(24)20-12-14-5-6-19-17(11-14)22-7-9-27-10-8-22/h2-6,11H,7-10,12H2,1H3,(H2,20,21,24). The molecule has 0 saturated carbocycles. The minimum atomic E-state index is -0.470. The van der Waals surface area contributed by atoms with Crippen molar-refractivity contribution in [2.75, 3.05) is 36.5 Å². The predicted molar refractivity (Wildman–Crippen MR) is 101 cm³/mol. The van der Waals surface area contributed by atoms with Crippen LogP contribution in [0.1, 0.15) is 11.1 Å². The maximum Gasteiger partial charge on any atom is 0.319 e. The number of morpholine rings is 1. The average Bonchev–Trinajstić information content (AvgIpc) is 2.69. The van der Waals surface area contributed by atoms with E-state index in [4.69, 9.17) is 4.74 Å². The number of aromatic nitrogens is 1. The molecule has 0 radical (unpaired) electrons. The molecule has 1 saturated heterocycles. The Balaban J connectivity index is 1.60. The Hall–Kier alpha value is -3.20. The lowest BCUT2D eigenvalue weighted by molar-refractivity contribution is -0.385. The van der Waals surface area contributed by atoms with Crippen LogP contribution in [0.25, 0.3) is 0 Å². The summed E-state index contributed by atoms with van der Waals surface area (Å²) in [7, 11) is 0. The fourth-order valence-corrected chi connectivity index (χ4v) is 2.84. The number of nitrogens with one attached hydrogen (secondary N) is 2. The van der Waals surface area contributed by atoms with Crippen molar-refractivity contribution in [3.63, 3.8) is 0 Å². The fourth-order valence-electron chi connectivity index (χ4n) is 2.84. The summed E-state index contributed by atoms with van der Waals surface area (Å²) in [4.78, 5) is 29.2. The topological polar surface area (TPSA) is 110 Å². The van der Waals surface area contributed by atoms with Gasteiger partial charge in [0.25, 0.3) is 5.69 Å².